The quantitative estimate of drug-likeness (QED) is 0.747. The number of carbonyl (C=O) groups is 3. The lowest BCUT2D eigenvalue weighted by Crippen LogP contribution is -2.17. The molecule has 27 heavy (non-hydrogen) atoms. The topological polar surface area (TPSA) is 81.7 Å². The Bertz CT molecular complexity index is 874. The molecule has 0 bridgehead atoms. The lowest BCUT2D eigenvalue weighted by Gasteiger charge is -2.08. The highest BCUT2D eigenvalue weighted by Crippen LogP contribution is 2.35. The van der Waals surface area contributed by atoms with Crippen LogP contribution < -0.4 is 5.32 Å². The number of benzene rings is 1. The van der Waals surface area contributed by atoms with Gasteiger partial charge >= 0.3 is 11.9 Å². The van der Waals surface area contributed by atoms with E-state index in [4.69, 9.17) is 9.47 Å². The fraction of sp³-hybridized carbons (Fsp3) is 0.278. The average molecular weight is 397 g/mol. The number of esters is 2. The van der Waals surface area contributed by atoms with Gasteiger partial charge in [0, 0.05) is 0 Å². The Hall–Kier alpha value is -2.81. The van der Waals surface area contributed by atoms with Crippen molar-refractivity contribution in [3.8, 4) is 0 Å². The molecule has 2 rings (SSSR count). The minimum atomic E-state index is -1.09. The molecule has 0 aliphatic rings. The number of hydrogen-bond donors (Lipinski definition) is 1. The Labute approximate surface area is 158 Å². The summed E-state index contributed by atoms with van der Waals surface area (Å²) in [7, 11) is 0. The highest BCUT2D eigenvalue weighted by molar-refractivity contribution is 7.18. The van der Waals surface area contributed by atoms with Gasteiger partial charge < -0.3 is 14.8 Å². The number of thiophene rings is 1. The van der Waals surface area contributed by atoms with E-state index < -0.39 is 35.0 Å². The Morgan fingerprint density at radius 3 is 2.11 bits per heavy atom. The molecule has 1 aromatic heterocycles. The van der Waals surface area contributed by atoms with Crippen molar-refractivity contribution < 1.29 is 32.6 Å². The molecule has 0 saturated heterocycles. The summed E-state index contributed by atoms with van der Waals surface area (Å²) in [5.74, 6) is -4.64. The van der Waals surface area contributed by atoms with E-state index >= 15 is 0 Å². The molecule has 1 aromatic carbocycles. The van der Waals surface area contributed by atoms with E-state index in [0.717, 1.165) is 29.5 Å². The van der Waals surface area contributed by atoms with Crippen LogP contribution in [0.2, 0.25) is 0 Å². The van der Waals surface area contributed by atoms with E-state index in [1.54, 1.807) is 13.8 Å². The second-order valence-electron chi connectivity index (χ2n) is 5.25. The zero-order valence-corrected chi connectivity index (χ0v) is 15.7. The standard InChI is InChI=1S/C18H17F2NO5S/c1-4-25-17(23)12-9(3)14(18(24)26-5-2)27-16(12)21-15(22)13-10(19)7-6-8-11(13)20/h6-8H,4-5H2,1-3H3,(H,21,22). The predicted octanol–water partition coefficient (Wildman–Crippen LogP) is 3.94. The Balaban J connectivity index is 2.48. The van der Waals surface area contributed by atoms with Crippen molar-refractivity contribution in [2.75, 3.05) is 18.5 Å². The summed E-state index contributed by atoms with van der Waals surface area (Å²) in [6.07, 6.45) is 0. The summed E-state index contributed by atoms with van der Waals surface area (Å²) >= 11 is 0.771. The van der Waals surface area contributed by atoms with Gasteiger partial charge in [-0.05, 0) is 38.5 Å². The Kier molecular flexibility index (Phi) is 6.62. The van der Waals surface area contributed by atoms with Crippen LogP contribution in [-0.2, 0) is 9.47 Å². The maximum Gasteiger partial charge on any atom is 0.348 e. The molecule has 1 heterocycles. The van der Waals surface area contributed by atoms with Gasteiger partial charge in [-0.1, -0.05) is 6.07 Å². The van der Waals surface area contributed by atoms with Crippen molar-refractivity contribution >= 4 is 34.2 Å². The third-order valence-corrected chi connectivity index (χ3v) is 4.69. The first kappa shape index (κ1) is 20.5. The van der Waals surface area contributed by atoms with Crippen LogP contribution in [0.1, 0.15) is 49.8 Å². The number of rotatable bonds is 6. The molecule has 0 fully saturated rings. The summed E-state index contributed by atoms with van der Waals surface area (Å²) in [5, 5.41) is 2.24. The first-order valence-electron chi connectivity index (χ1n) is 8.04. The average Bonchev–Trinajstić information content (AvgIpc) is 2.91. The second-order valence-corrected chi connectivity index (χ2v) is 6.27. The number of anilines is 1. The van der Waals surface area contributed by atoms with E-state index in [2.05, 4.69) is 5.32 Å². The van der Waals surface area contributed by atoms with E-state index in [1.807, 2.05) is 0 Å². The molecule has 0 atom stereocenters. The van der Waals surface area contributed by atoms with Crippen LogP contribution in [0, 0.1) is 18.6 Å². The summed E-state index contributed by atoms with van der Waals surface area (Å²) in [4.78, 5) is 36.8. The number of halogens is 2. The highest BCUT2D eigenvalue weighted by atomic mass is 32.1. The van der Waals surface area contributed by atoms with Gasteiger partial charge in [0.15, 0.2) is 0 Å². The van der Waals surface area contributed by atoms with Crippen LogP contribution >= 0.6 is 11.3 Å². The van der Waals surface area contributed by atoms with Gasteiger partial charge in [-0.2, -0.15) is 0 Å². The molecule has 144 valence electrons. The summed E-state index contributed by atoms with van der Waals surface area (Å²) in [5.41, 5.74) is -0.604. The van der Waals surface area contributed by atoms with Crippen molar-refractivity contribution in [2.24, 2.45) is 0 Å². The molecule has 0 aliphatic heterocycles. The molecule has 1 amide bonds. The number of carbonyl (C=O) groups excluding carboxylic acids is 3. The molecule has 6 nitrogen and oxygen atoms in total. The van der Waals surface area contributed by atoms with Crippen molar-refractivity contribution in [1.29, 1.82) is 0 Å². The zero-order chi connectivity index (χ0) is 20.1. The molecular formula is C18H17F2NO5S. The minimum absolute atomic E-state index is 0.0540. The van der Waals surface area contributed by atoms with Crippen molar-refractivity contribution in [2.45, 2.75) is 20.8 Å². The van der Waals surface area contributed by atoms with Crippen LogP contribution in [0.5, 0.6) is 0 Å². The maximum absolute atomic E-state index is 13.8. The second kappa shape index (κ2) is 8.72. The molecule has 0 unspecified atom stereocenters. The molecule has 9 heteroatoms. The van der Waals surface area contributed by atoms with Gasteiger partial charge in [0.05, 0.1) is 18.8 Å². The number of amides is 1. The summed E-state index contributed by atoms with van der Waals surface area (Å²) in [6.45, 7) is 4.90. The Morgan fingerprint density at radius 1 is 1.00 bits per heavy atom. The third-order valence-electron chi connectivity index (χ3n) is 3.50. The SMILES string of the molecule is CCOC(=O)c1sc(NC(=O)c2c(F)cccc2F)c(C(=O)OCC)c1C. The molecular weight excluding hydrogens is 380 g/mol. The Morgan fingerprint density at radius 2 is 1.56 bits per heavy atom. The first-order chi connectivity index (χ1) is 12.8. The van der Waals surface area contributed by atoms with Gasteiger partial charge in [-0.3, -0.25) is 4.79 Å². The third kappa shape index (κ3) is 4.30. The van der Waals surface area contributed by atoms with E-state index in [0.29, 0.717) is 0 Å². The van der Waals surface area contributed by atoms with Gasteiger partial charge in [-0.15, -0.1) is 11.3 Å². The molecule has 0 saturated carbocycles. The maximum atomic E-state index is 13.8. The molecule has 0 radical (unpaired) electrons. The molecule has 1 N–H and O–H groups in total. The fourth-order valence-electron chi connectivity index (χ4n) is 2.32. The van der Waals surface area contributed by atoms with Gasteiger partial charge in [0.2, 0.25) is 0 Å². The van der Waals surface area contributed by atoms with Crippen LogP contribution in [0.3, 0.4) is 0 Å². The number of nitrogens with one attached hydrogen (secondary N) is 1. The van der Waals surface area contributed by atoms with Crippen molar-refractivity contribution in [3.05, 3.63) is 51.4 Å². The largest absolute Gasteiger partial charge is 0.462 e. The van der Waals surface area contributed by atoms with Crippen LogP contribution in [0.15, 0.2) is 18.2 Å². The van der Waals surface area contributed by atoms with E-state index in [1.165, 1.54) is 6.92 Å². The van der Waals surface area contributed by atoms with E-state index in [9.17, 15) is 23.2 Å². The van der Waals surface area contributed by atoms with Gasteiger partial charge in [0.25, 0.3) is 5.91 Å². The summed E-state index contributed by atoms with van der Waals surface area (Å²) < 4.78 is 37.6. The monoisotopic (exact) mass is 397 g/mol. The predicted molar refractivity (Wildman–Crippen MR) is 95.3 cm³/mol. The fourth-order valence-corrected chi connectivity index (χ4v) is 3.41. The van der Waals surface area contributed by atoms with Crippen LogP contribution in [0.25, 0.3) is 0 Å². The van der Waals surface area contributed by atoms with Crippen molar-refractivity contribution in [3.63, 3.8) is 0 Å². The molecule has 2 aromatic rings. The van der Waals surface area contributed by atoms with Crippen LogP contribution in [-0.4, -0.2) is 31.1 Å². The smallest absolute Gasteiger partial charge is 0.348 e. The van der Waals surface area contributed by atoms with Crippen molar-refractivity contribution in [1.82, 2.24) is 0 Å². The molecule has 0 spiro atoms. The normalized spacial score (nSPS) is 10.4. The number of ether oxygens (including phenoxy) is 2. The van der Waals surface area contributed by atoms with Gasteiger partial charge in [-0.25, -0.2) is 18.4 Å². The zero-order valence-electron chi connectivity index (χ0n) is 14.9. The van der Waals surface area contributed by atoms with Gasteiger partial charge in [0.1, 0.15) is 27.1 Å². The number of hydrogen-bond acceptors (Lipinski definition) is 6. The molecule has 0 aliphatic carbocycles. The lowest BCUT2D eigenvalue weighted by atomic mass is 10.1. The highest BCUT2D eigenvalue weighted by Gasteiger charge is 2.28. The van der Waals surface area contributed by atoms with Crippen LogP contribution in [0.4, 0.5) is 13.8 Å². The summed E-state index contributed by atoms with van der Waals surface area (Å²) in [6, 6.07) is 3.00. The minimum Gasteiger partial charge on any atom is -0.462 e. The lowest BCUT2D eigenvalue weighted by molar-refractivity contribution is 0.0527. The first-order valence-corrected chi connectivity index (χ1v) is 8.86. The van der Waals surface area contributed by atoms with E-state index in [-0.39, 0.29) is 34.2 Å².